The Bertz CT molecular complexity index is 741. The molecular weight excluding hydrogens is 283 g/mol. The first kappa shape index (κ1) is 12.2. The van der Waals surface area contributed by atoms with Gasteiger partial charge in [0.25, 0.3) is 0 Å². The van der Waals surface area contributed by atoms with Crippen molar-refractivity contribution in [3.8, 4) is 11.5 Å². The van der Waals surface area contributed by atoms with Crippen LogP contribution in [0.2, 0.25) is 10.3 Å². The number of hydrogen-bond acceptors (Lipinski definition) is 3. The van der Waals surface area contributed by atoms with Gasteiger partial charge in [-0.05, 0) is 11.5 Å². The summed E-state index contributed by atoms with van der Waals surface area (Å²) in [6, 6.07) is 15.3. The van der Waals surface area contributed by atoms with E-state index in [1.54, 1.807) is 6.07 Å². The quantitative estimate of drug-likeness (QED) is 0.684. The molecule has 0 amide bonds. The maximum Gasteiger partial charge on any atom is 0.194 e. The summed E-state index contributed by atoms with van der Waals surface area (Å²) in [5.41, 5.74) is 0. The third kappa shape index (κ3) is 2.48. The Morgan fingerprint density at radius 1 is 0.842 bits per heavy atom. The smallest absolute Gasteiger partial charge is 0.194 e. The van der Waals surface area contributed by atoms with E-state index in [1.165, 1.54) is 0 Å². The van der Waals surface area contributed by atoms with E-state index in [0.29, 0.717) is 11.5 Å². The zero-order chi connectivity index (χ0) is 13.2. The second-order valence-corrected chi connectivity index (χ2v) is 4.65. The van der Waals surface area contributed by atoms with Crippen LogP contribution in [-0.4, -0.2) is 10.2 Å². The molecule has 3 rings (SSSR count). The Balaban J connectivity index is 2.08. The summed E-state index contributed by atoms with van der Waals surface area (Å²) in [7, 11) is 0. The first-order chi connectivity index (χ1) is 9.24. The van der Waals surface area contributed by atoms with E-state index in [4.69, 9.17) is 27.9 Å². The zero-order valence-electron chi connectivity index (χ0n) is 9.68. The predicted octanol–water partition coefficient (Wildman–Crippen LogP) is 4.73. The van der Waals surface area contributed by atoms with E-state index in [-0.39, 0.29) is 10.3 Å². The normalized spacial score (nSPS) is 10.6. The van der Waals surface area contributed by atoms with Crippen LogP contribution in [0.4, 0.5) is 0 Å². The van der Waals surface area contributed by atoms with Crippen molar-refractivity contribution < 1.29 is 4.74 Å². The number of ether oxygens (including phenoxy) is 1. The van der Waals surface area contributed by atoms with Gasteiger partial charge in [-0.15, -0.1) is 10.2 Å². The van der Waals surface area contributed by atoms with Crippen molar-refractivity contribution in [1.29, 1.82) is 0 Å². The first-order valence-electron chi connectivity index (χ1n) is 5.58. The number of aromatic nitrogens is 2. The van der Waals surface area contributed by atoms with Gasteiger partial charge in [0.15, 0.2) is 16.1 Å². The van der Waals surface area contributed by atoms with Gasteiger partial charge in [-0.2, -0.15) is 0 Å². The molecule has 1 heterocycles. The molecule has 0 spiro atoms. The fourth-order valence-corrected chi connectivity index (χ4v) is 2.08. The van der Waals surface area contributed by atoms with Crippen LogP contribution in [0.1, 0.15) is 0 Å². The summed E-state index contributed by atoms with van der Waals surface area (Å²) in [5, 5.41) is 9.86. The van der Waals surface area contributed by atoms with E-state index in [2.05, 4.69) is 10.2 Å². The van der Waals surface area contributed by atoms with Gasteiger partial charge in [0.2, 0.25) is 0 Å². The SMILES string of the molecule is Clc1cc(Oc2cccc3ccccc23)c(Cl)nn1. The molecule has 0 unspecified atom stereocenters. The Morgan fingerprint density at radius 3 is 2.53 bits per heavy atom. The summed E-state index contributed by atoms with van der Waals surface area (Å²) >= 11 is 11.7. The van der Waals surface area contributed by atoms with Crippen molar-refractivity contribution in [2.45, 2.75) is 0 Å². The Morgan fingerprint density at radius 2 is 1.63 bits per heavy atom. The Kier molecular flexibility index (Phi) is 3.23. The molecule has 0 aliphatic heterocycles. The first-order valence-corrected chi connectivity index (χ1v) is 6.34. The predicted molar refractivity (Wildman–Crippen MR) is 76.1 cm³/mol. The number of nitrogens with zero attached hydrogens (tertiary/aromatic N) is 2. The average Bonchev–Trinajstić information content (AvgIpc) is 2.43. The van der Waals surface area contributed by atoms with Crippen molar-refractivity contribution in [1.82, 2.24) is 10.2 Å². The average molecular weight is 291 g/mol. The molecule has 0 aliphatic carbocycles. The lowest BCUT2D eigenvalue weighted by atomic mass is 10.1. The monoisotopic (exact) mass is 290 g/mol. The van der Waals surface area contributed by atoms with Crippen LogP contribution in [0.15, 0.2) is 48.5 Å². The number of hydrogen-bond donors (Lipinski definition) is 0. The molecule has 0 saturated carbocycles. The highest BCUT2D eigenvalue weighted by molar-refractivity contribution is 6.32. The Labute approximate surface area is 119 Å². The summed E-state index contributed by atoms with van der Waals surface area (Å²) < 4.78 is 5.78. The third-order valence-corrected chi connectivity index (χ3v) is 3.10. The highest BCUT2D eigenvalue weighted by Gasteiger charge is 2.08. The number of halogens is 2. The van der Waals surface area contributed by atoms with Crippen LogP contribution >= 0.6 is 23.2 Å². The largest absolute Gasteiger partial charge is 0.453 e. The highest BCUT2D eigenvalue weighted by Crippen LogP contribution is 2.33. The van der Waals surface area contributed by atoms with Gasteiger partial charge < -0.3 is 4.74 Å². The Hall–Kier alpha value is -1.84. The van der Waals surface area contributed by atoms with Crippen molar-refractivity contribution in [2.75, 3.05) is 0 Å². The van der Waals surface area contributed by atoms with Crippen molar-refractivity contribution in [3.63, 3.8) is 0 Å². The minimum absolute atomic E-state index is 0.178. The van der Waals surface area contributed by atoms with Gasteiger partial charge in [-0.1, -0.05) is 59.6 Å². The topological polar surface area (TPSA) is 35.0 Å². The molecule has 0 aliphatic rings. The molecule has 3 aromatic rings. The van der Waals surface area contributed by atoms with Crippen LogP contribution in [0, 0.1) is 0 Å². The van der Waals surface area contributed by atoms with E-state index in [9.17, 15) is 0 Å². The van der Waals surface area contributed by atoms with E-state index < -0.39 is 0 Å². The molecule has 0 atom stereocenters. The van der Waals surface area contributed by atoms with Crippen LogP contribution in [-0.2, 0) is 0 Å². The van der Waals surface area contributed by atoms with E-state index >= 15 is 0 Å². The van der Waals surface area contributed by atoms with Crippen LogP contribution in [0.25, 0.3) is 10.8 Å². The molecule has 0 bridgehead atoms. The lowest BCUT2D eigenvalue weighted by molar-refractivity contribution is 0.484. The molecule has 3 nitrogen and oxygen atoms in total. The molecule has 0 saturated heterocycles. The standard InChI is InChI=1S/C14H8Cl2N2O/c15-13-8-12(14(16)18-17-13)19-11-7-3-5-9-4-1-2-6-10(9)11/h1-8H. The van der Waals surface area contributed by atoms with Gasteiger partial charge in [-0.25, -0.2) is 0 Å². The van der Waals surface area contributed by atoms with Crippen LogP contribution in [0.3, 0.4) is 0 Å². The minimum Gasteiger partial charge on any atom is -0.453 e. The number of benzene rings is 2. The lowest BCUT2D eigenvalue weighted by Crippen LogP contribution is -1.91. The van der Waals surface area contributed by atoms with Crippen molar-refractivity contribution >= 4 is 34.0 Å². The van der Waals surface area contributed by atoms with Crippen molar-refractivity contribution in [2.24, 2.45) is 0 Å². The minimum atomic E-state index is 0.178. The molecule has 19 heavy (non-hydrogen) atoms. The summed E-state index contributed by atoms with van der Waals surface area (Å²) in [6.07, 6.45) is 0. The summed E-state index contributed by atoms with van der Waals surface area (Å²) in [6.45, 7) is 0. The van der Waals surface area contributed by atoms with Gasteiger partial charge in [0, 0.05) is 11.5 Å². The van der Waals surface area contributed by atoms with Gasteiger partial charge in [0.1, 0.15) is 5.75 Å². The second-order valence-electron chi connectivity index (χ2n) is 3.90. The van der Waals surface area contributed by atoms with E-state index in [0.717, 1.165) is 10.8 Å². The fraction of sp³-hybridized carbons (Fsp3) is 0. The molecule has 2 aromatic carbocycles. The molecule has 94 valence electrons. The maximum atomic E-state index is 5.94. The third-order valence-electron chi connectivity index (χ3n) is 2.66. The lowest BCUT2D eigenvalue weighted by Gasteiger charge is -2.09. The second kappa shape index (κ2) is 5.03. The van der Waals surface area contributed by atoms with E-state index in [1.807, 2.05) is 42.5 Å². The van der Waals surface area contributed by atoms with Crippen LogP contribution in [0.5, 0.6) is 11.5 Å². The van der Waals surface area contributed by atoms with Gasteiger partial charge >= 0.3 is 0 Å². The molecular formula is C14H8Cl2N2O. The molecule has 1 aromatic heterocycles. The summed E-state index contributed by atoms with van der Waals surface area (Å²) in [5.74, 6) is 1.09. The molecule has 0 N–H and O–H groups in total. The van der Waals surface area contributed by atoms with Crippen molar-refractivity contribution in [3.05, 3.63) is 58.8 Å². The summed E-state index contributed by atoms with van der Waals surface area (Å²) in [4.78, 5) is 0. The van der Waals surface area contributed by atoms with Gasteiger partial charge in [0.05, 0.1) is 0 Å². The molecule has 0 fully saturated rings. The van der Waals surface area contributed by atoms with Gasteiger partial charge in [-0.3, -0.25) is 0 Å². The zero-order valence-corrected chi connectivity index (χ0v) is 11.2. The van der Waals surface area contributed by atoms with Crippen LogP contribution < -0.4 is 4.74 Å². The molecule has 0 radical (unpaired) electrons. The highest BCUT2D eigenvalue weighted by atomic mass is 35.5. The molecule has 5 heteroatoms. The fourth-order valence-electron chi connectivity index (χ4n) is 1.81. The maximum absolute atomic E-state index is 5.94. The number of fused-ring (bicyclic) bond motifs is 1. The number of rotatable bonds is 2.